The highest BCUT2D eigenvalue weighted by atomic mass is 16.2. The molecule has 0 aromatic carbocycles. The van der Waals surface area contributed by atoms with E-state index < -0.39 is 5.54 Å². The third-order valence-electron chi connectivity index (χ3n) is 5.27. The minimum absolute atomic E-state index is 0.0936. The molecule has 0 spiro atoms. The molecule has 4 aromatic rings. The maximum Gasteiger partial charge on any atom is 0.255 e. The van der Waals surface area contributed by atoms with Crippen LogP contribution in [0.4, 0.5) is 0 Å². The fourth-order valence-corrected chi connectivity index (χ4v) is 3.77. The SMILES string of the molecule is N#CCC1(n2cc(-c3ncnc4[nH]ccc34)cn2)CN(C(=O)c2cccnc2)C1. The number of likely N-dealkylation sites (tertiary alicyclic amines) is 1. The first-order chi connectivity index (χ1) is 14.2. The van der Waals surface area contributed by atoms with Crippen LogP contribution in [-0.4, -0.2) is 53.6 Å². The lowest BCUT2D eigenvalue weighted by molar-refractivity contribution is 0.00855. The summed E-state index contributed by atoms with van der Waals surface area (Å²) in [5.41, 5.74) is 2.36. The monoisotopic (exact) mass is 384 g/mol. The van der Waals surface area contributed by atoms with Crippen molar-refractivity contribution in [2.45, 2.75) is 12.0 Å². The molecule has 1 amide bonds. The summed E-state index contributed by atoms with van der Waals surface area (Å²) in [7, 11) is 0. The van der Waals surface area contributed by atoms with Gasteiger partial charge in [0, 0.05) is 48.8 Å². The lowest BCUT2D eigenvalue weighted by Crippen LogP contribution is -2.64. The molecule has 0 bridgehead atoms. The molecule has 1 aliphatic heterocycles. The topological polar surface area (TPSA) is 116 Å². The summed E-state index contributed by atoms with van der Waals surface area (Å²) in [5.74, 6) is -0.0936. The van der Waals surface area contributed by atoms with E-state index in [0.717, 1.165) is 22.3 Å². The molecule has 29 heavy (non-hydrogen) atoms. The predicted molar refractivity (Wildman–Crippen MR) is 103 cm³/mol. The molecule has 0 unspecified atom stereocenters. The number of rotatable bonds is 4. The van der Waals surface area contributed by atoms with Crippen LogP contribution in [0.5, 0.6) is 0 Å². The largest absolute Gasteiger partial charge is 0.346 e. The van der Waals surface area contributed by atoms with Gasteiger partial charge >= 0.3 is 0 Å². The normalized spacial score (nSPS) is 15.1. The van der Waals surface area contributed by atoms with Crippen LogP contribution in [0.1, 0.15) is 16.8 Å². The summed E-state index contributed by atoms with van der Waals surface area (Å²) in [5, 5.41) is 14.8. The van der Waals surface area contributed by atoms with Crippen molar-refractivity contribution in [1.29, 1.82) is 5.26 Å². The number of nitriles is 1. The van der Waals surface area contributed by atoms with E-state index in [9.17, 15) is 10.1 Å². The van der Waals surface area contributed by atoms with Crippen molar-refractivity contribution < 1.29 is 4.79 Å². The van der Waals surface area contributed by atoms with Crippen LogP contribution in [0, 0.1) is 11.3 Å². The molecule has 9 heteroatoms. The first-order valence-corrected chi connectivity index (χ1v) is 9.10. The molecule has 5 rings (SSSR count). The average Bonchev–Trinajstić information content (AvgIpc) is 3.40. The molecule has 1 N–H and O–H groups in total. The van der Waals surface area contributed by atoms with Gasteiger partial charge in [-0.1, -0.05) is 0 Å². The number of pyridine rings is 1. The summed E-state index contributed by atoms with van der Waals surface area (Å²) in [6, 6.07) is 7.64. The second-order valence-corrected chi connectivity index (χ2v) is 7.10. The summed E-state index contributed by atoms with van der Waals surface area (Å²) in [6.45, 7) is 0.831. The van der Waals surface area contributed by atoms with Gasteiger partial charge in [-0.25, -0.2) is 9.97 Å². The van der Waals surface area contributed by atoms with Crippen molar-refractivity contribution >= 4 is 16.9 Å². The number of aromatic nitrogens is 6. The lowest BCUT2D eigenvalue weighted by Gasteiger charge is -2.48. The Morgan fingerprint density at radius 3 is 2.97 bits per heavy atom. The van der Waals surface area contributed by atoms with Crippen molar-refractivity contribution in [1.82, 2.24) is 34.6 Å². The van der Waals surface area contributed by atoms with Gasteiger partial charge in [0.1, 0.15) is 17.5 Å². The Labute approximate surface area is 165 Å². The molecule has 4 aromatic heterocycles. The number of nitrogens with one attached hydrogen (secondary N) is 1. The fourth-order valence-electron chi connectivity index (χ4n) is 3.77. The van der Waals surface area contributed by atoms with Crippen LogP contribution in [0.3, 0.4) is 0 Å². The van der Waals surface area contributed by atoms with E-state index in [1.807, 2.05) is 18.5 Å². The maximum absolute atomic E-state index is 12.6. The summed E-state index contributed by atoms with van der Waals surface area (Å²) in [6.07, 6.45) is 10.4. The molecule has 1 saturated heterocycles. The Morgan fingerprint density at radius 1 is 1.28 bits per heavy atom. The zero-order valence-corrected chi connectivity index (χ0v) is 15.4. The number of H-pyrrole nitrogens is 1. The van der Waals surface area contributed by atoms with E-state index in [4.69, 9.17) is 0 Å². The first kappa shape index (κ1) is 17.1. The highest BCUT2D eigenvalue weighted by Gasteiger charge is 2.47. The molecular weight excluding hydrogens is 368 g/mol. The van der Waals surface area contributed by atoms with Crippen molar-refractivity contribution in [3.63, 3.8) is 0 Å². The van der Waals surface area contributed by atoms with Gasteiger partial charge in [0.2, 0.25) is 0 Å². The van der Waals surface area contributed by atoms with Gasteiger partial charge < -0.3 is 9.88 Å². The minimum atomic E-state index is -0.546. The van der Waals surface area contributed by atoms with Gasteiger partial charge in [0.15, 0.2) is 0 Å². The number of nitrogens with zero attached hydrogens (tertiary/aromatic N) is 7. The molecular formula is C20H16N8O. The molecule has 5 heterocycles. The van der Waals surface area contributed by atoms with Gasteiger partial charge in [-0.3, -0.25) is 14.5 Å². The second kappa shape index (κ2) is 6.53. The third kappa shape index (κ3) is 2.73. The lowest BCUT2D eigenvalue weighted by atomic mass is 9.86. The number of aromatic amines is 1. The zero-order chi connectivity index (χ0) is 19.8. The minimum Gasteiger partial charge on any atom is -0.346 e. The molecule has 0 saturated carbocycles. The summed E-state index contributed by atoms with van der Waals surface area (Å²) < 4.78 is 1.79. The fraction of sp³-hybridized carbons (Fsp3) is 0.200. The summed E-state index contributed by atoms with van der Waals surface area (Å²) >= 11 is 0. The second-order valence-electron chi connectivity index (χ2n) is 7.10. The number of fused-ring (bicyclic) bond motifs is 1. The standard InChI is InChI=1S/C20H16N8O/c21-5-4-20(11-27(12-20)19(29)14-2-1-6-22-8-14)28-10-15(9-26-28)17-16-3-7-23-18(16)25-13-24-17/h1-3,6-10,13H,4,11-12H2,(H,23,24,25). The van der Waals surface area contributed by atoms with Crippen molar-refractivity contribution in [3.05, 3.63) is 61.1 Å². The van der Waals surface area contributed by atoms with E-state index in [1.165, 1.54) is 6.33 Å². The molecule has 0 atom stereocenters. The highest BCUT2D eigenvalue weighted by Crippen LogP contribution is 2.35. The van der Waals surface area contributed by atoms with E-state index in [0.29, 0.717) is 18.7 Å². The molecule has 142 valence electrons. The number of amides is 1. The average molecular weight is 384 g/mol. The van der Waals surface area contributed by atoms with Crippen LogP contribution in [0.15, 0.2) is 55.5 Å². The third-order valence-corrected chi connectivity index (χ3v) is 5.27. The Morgan fingerprint density at radius 2 is 2.17 bits per heavy atom. The number of hydrogen-bond acceptors (Lipinski definition) is 6. The highest BCUT2D eigenvalue weighted by molar-refractivity contribution is 5.94. The van der Waals surface area contributed by atoms with Crippen LogP contribution in [-0.2, 0) is 5.54 Å². The predicted octanol–water partition coefficient (Wildman–Crippen LogP) is 1.98. The van der Waals surface area contributed by atoms with Gasteiger partial charge in [0.05, 0.1) is 29.9 Å². The van der Waals surface area contributed by atoms with Crippen molar-refractivity contribution in [2.24, 2.45) is 0 Å². The van der Waals surface area contributed by atoms with Crippen LogP contribution >= 0.6 is 0 Å². The Kier molecular flexibility index (Phi) is 3.84. The van der Waals surface area contributed by atoms with E-state index in [1.54, 1.807) is 40.3 Å². The van der Waals surface area contributed by atoms with Crippen LogP contribution in [0.25, 0.3) is 22.3 Å². The first-order valence-electron chi connectivity index (χ1n) is 9.10. The quantitative estimate of drug-likeness (QED) is 0.575. The van der Waals surface area contributed by atoms with Gasteiger partial charge in [0.25, 0.3) is 5.91 Å². The number of carbonyl (C=O) groups excluding carboxylic acids is 1. The number of hydrogen-bond donors (Lipinski definition) is 1. The molecule has 0 aliphatic carbocycles. The van der Waals surface area contributed by atoms with Gasteiger partial charge in [-0.2, -0.15) is 10.4 Å². The van der Waals surface area contributed by atoms with Crippen molar-refractivity contribution in [2.75, 3.05) is 13.1 Å². The zero-order valence-electron chi connectivity index (χ0n) is 15.4. The molecule has 9 nitrogen and oxygen atoms in total. The van der Waals surface area contributed by atoms with Crippen LogP contribution < -0.4 is 0 Å². The number of carbonyl (C=O) groups is 1. The van der Waals surface area contributed by atoms with E-state index in [2.05, 4.69) is 31.1 Å². The van der Waals surface area contributed by atoms with Crippen molar-refractivity contribution in [3.8, 4) is 17.3 Å². The Bertz CT molecular complexity index is 1230. The van der Waals surface area contributed by atoms with E-state index >= 15 is 0 Å². The Hall–Kier alpha value is -4.06. The molecule has 0 radical (unpaired) electrons. The van der Waals surface area contributed by atoms with Gasteiger partial charge in [-0.15, -0.1) is 0 Å². The van der Waals surface area contributed by atoms with Crippen LogP contribution in [0.2, 0.25) is 0 Å². The molecule has 1 fully saturated rings. The molecule has 1 aliphatic rings. The van der Waals surface area contributed by atoms with E-state index in [-0.39, 0.29) is 12.3 Å². The van der Waals surface area contributed by atoms with Gasteiger partial charge in [-0.05, 0) is 18.2 Å². The maximum atomic E-state index is 12.6. The Balaban J connectivity index is 1.43. The summed E-state index contributed by atoms with van der Waals surface area (Å²) in [4.78, 5) is 30.0. The smallest absolute Gasteiger partial charge is 0.255 e.